The van der Waals surface area contributed by atoms with Gasteiger partial charge in [0.15, 0.2) is 0 Å². The molecule has 6 nitrogen and oxygen atoms in total. The first-order valence-electron chi connectivity index (χ1n) is 8.19. The molecule has 126 valence electrons. The summed E-state index contributed by atoms with van der Waals surface area (Å²) in [5.41, 5.74) is 1.17. The lowest BCUT2D eigenvalue weighted by atomic mass is 10.0. The second-order valence-electron chi connectivity index (χ2n) is 7.13. The van der Waals surface area contributed by atoms with Crippen LogP contribution in [0.2, 0.25) is 0 Å². The zero-order valence-electron chi connectivity index (χ0n) is 14.3. The highest BCUT2D eigenvalue weighted by Crippen LogP contribution is 2.40. The third-order valence-electron chi connectivity index (χ3n) is 4.25. The molecule has 2 fully saturated rings. The number of aromatic nitrogens is 2. The maximum absolute atomic E-state index is 13.1. The normalized spacial score (nSPS) is 23.8. The van der Waals surface area contributed by atoms with Gasteiger partial charge in [0, 0.05) is 32.3 Å². The Labute approximate surface area is 137 Å². The minimum absolute atomic E-state index is 0.00405. The number of aryl methyl sites for hydroxylation is 1. The highest BCUT2D eigenvalue weighted by Gasteiger charge is 2.38. The molecule has 0 N–H and O–H groups in total. The molecule has 1 saturated heterocycles. The number of rotatable bonds is 4. The predicted molar refractivity (Wildman–Crippen MR) is 85.5 cm³/mol. The number of ether oxygens (including phenoxy) is 2. The van der Waals surface area contributed by atoms with Crippen LogP contribution in [0, 0.1) is 6.92 Å². The Hall–Kier alpha value is -1.53. The van der Waals surface area contributed by atoms with Crippen LogP contribution in [0.1, 0.15) is 54.5 Å². The number of carbonyl (C=O) groups is 1. The van der Waals surface area contributed by atoms with E-state index in [0.717, 1.165) is 24.4 Å². The Balaban J connectivity index is 1.84. The molecule has 1 aromatic rings. The molecule has 0 bridgehead atoms. The lowest BCUT2D eigenvalue weighted by Crippen LogP contribution is -2.55. The Morgan fingerprint density at radius 1 is 1.48 bits per heavy atom. The summed E-state index contributed by atoms with van der Waals surface area (Å²) >= 11 is 0. The highest BCUT2D eigenvalue weighted by atomic mass is 16.5. The predicted octanol–water partition coefficient (Wildman–Crippen LogP) is 1.93. The lowest BCUT2D eigenvalue weighted by molar-refractivity contribution is -0.143. The molecule has 1 atom stereocenters. The molecule has 1 aliphatic heterocycles. The number of hydrogen-bond acceptors (Lipinski definition) is 5. The van der Waals surface area contributed by atoms with Crippen molar-refractivity contribution >= 4 is 5.91 Å². The minimum atomic E-state index is -0.387. The van der Waals surface area contributed by atoms with E-state index in [9.17, 15) is 4.79 Å². The highest BCUT2D eigenvalue weighted by molar-refractivity contribution is 5.95. The Bertz CT molecular complexity index is 599. The van der Waals surface area contributed by atoms with Gasteiger partial charge in [-0.1, -0.05) is 0 Å². The van der Waals surface area contributed by atoms with Gasteiger partial charge in [-0.15, -0.1) is 0 Å². The van der Waals surface area contributed by atoms with Crippen molar-refractivity contribution in [1.29, 1.82) is 0 Å². The summed E-state index contributed by atoms with van der Waals surface area (Å²) in [5.74, 6) is 1.15. The van der Waals surface area contributed by atoms with Gasteiger partial charge in [0.1, 0.15) is 5.82 Å². The zero-order valence-corrected chi connectivity index (χ0v) is 14.3. The Morgan fingerprint density at radius 2 is 2.22 bits per heavy atom. The van der Waals surface area contributed by atoms with Crippen molar-refractivity contribution in [1.82, 2.24) is 14.9 Å². The van der Waals surface area contributed by atoms with Crippen LogP contribution in [0.5, 0.6) is 0 Å². The largest absolute Gasteiger partial charge is 0.382 e. The first-order valence-corrected chi connectivity index (χ1v) is 8.19. The molecule has 0 unspecified atom stereocenters. The molecule has 0 spiro atoms. The maximum Gasteiger partial charge on any atom is 0.257 e. The molecular formula is C17H25N3O3. The molecule has 0 aromatic carbocycles. The number of hydrogen-bond donors (Lipinski definition) is 0. The monoisotopic (exact) mass is 319 g/mol. The molecule has 23 heavy (non-hydrogen) atoms. The summed E-state index contributed by atoms with van der Waals surface area (Å²) in [4.78, 5) is 23.7. The summed E-state index contributed by atoms with van der Waals surface area (Å²) in [6.45, 7) is 7.45. The van der Waals surface area contributed by atoms with E-state index >= 15 is 0 Å². The van der Waals surface area contributed by atoms with Crippen LogP contribution in [0.3, 0.4) is 0 Å². The lowest BCUT2D eigenvalue weighted by Gasteiger charge is -2.42. The van der Waals surface area contributed by atoms with Gasteiger partial charge in [0.05, 0.1) is 29.6 Å². The molecule has 6 heteroatoms. The molecule has 3 rings (SSSR count). The van der Waals surface area contributed by atoms with E-state index in [4.69, 9.17) is 9.47 Å². The first kappa shape index (κ1) is 16.3. The molecule has 2 heterocycles. The molecule has 1 amide bonds. The molecule has 1 saturated carbocycles. The van der Waals surface area contributed by atoms with E-state index < -0.39 is 0 Å². The van der Waals surface area contributed by atoms with E-state index in [1.54, 1.807) is 13.3 Å². The van der Waals surface area contributed by atoms with E-state index in [1.807, 2.05) is 25.7 Å². The van der Waals surface area contributed by atoms with Crippen LogP contribution in [0.25, 0.3) is 0 Å². The van der Waals surface area contributed by atoms with Gasteiger partial charge in [-0.25, -0.2) is 9.97 Å². The molecule has 1 aromatic heterocycles. The molecule has 1 aliphatic carbocycles. The van der Waals surface area contributed by atoms with Gasteiger partial charge in [-0.3, -0.25) is 4.79 Å². The third kappa shape index (κ3) is 3.70. The summed E-state index contributed by atoms with van der Waals surface area (Å²) in [5, 5.41) is 0. The van der Waals surface area contributed by atoms with Gasteiger partial charge in [-0.05, 0) is 33.6 Å². The number of carbonyl (C=O) groups excluding carboxylic acids is 1. The summed E-state index contributed by atoms with van der Waals surface area (Å²) < 4.78 is 11.2. The second kappa shape index (κ2) is 6.17. The van der Waals surface area contributed by atoms with Gasteiger partial charge in [-0.2, -0.15) is 0 Å². The summed E-state index contributed by atoms with van der Waals surface area (Å²) in [6.07, 6.45) is 3.80. The van der Waals surface area contributed by atoms with Gasteiger partial charge >= 0.3 is 0 Å². The summed E-state index contributed by atoms with van der Waals surface area (Å²) in [7, 11) is 1.65. The van der Waals surface area contributed by atoms with Crippen LogP contribution >= 0.6 is 0 Å². The van der Waals surface area contributed by atoms with Crippen molar-refractivity contribution in [2.45, 2.75) is 51.2 Å². The van der Waals surface area contributed by atoms with Crippen molar-refractivity contribution in [3.63, 3.8) is 0 Å². The third-order valence-corrected chi connectivity index (χ3v) is 4.25. The van der Waals surface area contributed by atoms with Crippen molar-refractivity contribution in [3.8, 4) is 0 Å². The van der Waals surface area contributed by atoms with Crippen molar-refractivity contribution < 1.29 is 14.3 Å². The van der Waals surface area contributed by atoms with Crippen LogP contribution in [-0.2, 0) is 9.47 Å². The van der Waals surface area contributed by atoms with Crippen molar-refractivity contribution in [2.24, 2.45) is 0 Å². The van der Waals surface area contributed by atoms with E-state index in [1.165, 1.54) is 0 Å². The minimum Gasteiger partial charge on any atom is -0.382 e. The number of nitrogens with zero attached hydrogens (tertiary/aromatic N) is 3. The first-order chi connectivity index (χ1) is 10.9. The van der Waals surface area contributed by atoms with Crippen molar-refractivity contribution in [2.75, 3.05) is 26.8 Å². The molecule has 2 aliphatic rings. The number of methoxy groups -OCH3 is 1. The standard InChI is InChI=1S/C17H25N3O3/c1-11-18-7-14(15(19-11)12-5-6-12)16(21)20-8-13(9-22-4)23-17(2,3)10-20/h7,12-13H,5-6,8-10H2,1-4H3/t13-/m1/s1. The SMILES string of the molecule is COC[C@H]1CN(C(=O)c2cnc(C)nc2C2CC2)CC(C)(C)O1. The smallest absolute Gasteiger partial charge is 0.257 e. The number of amides is 1. The van der Waals surface area contributed by atoms with E-state index in [2.05, 4.69) is 9.97 Å². The maximum atomic E-state index is 13.1. The summed E-state index contributed by atoms with van der Waals surface area (Å²) in [6, 6.07) is 0. The fourth-order valence-electron chi connectivity index (χ4n) is 3.21. The van der Waals surface area contributed by atoms with Crippen molar-refractivity contribution in [3.05, 3.63) is 23.3 Å². The zero-order chi connectivity index (χ0) is 16.6. The second-order valence-corrected chi connectivity index (χ2v) is 7.13. The topological polar surface area (TPSA) is 64.5 Å². The number of morpholine rings is 1. The van der Waals surface area contributed by atoms with Crippen LogP contribution in [-0.4, -0.2) is 59.3 Å². The quantitative estimate of drug-likeness (QED) is 0.848. The Kier molecular flexibility index (Phi) is 4.38. The van der Waals surface area contributed by atoms with Crippen LogP contribution in [0.4, 0.5) is 0 Å². The average molecular weight is 319 g/mol. The fourth-order valence-corrected chi connectivity index (χ4v) is 3.21. The van der Waals surface area contributed by atoms with Crippen LogP contribution in [0.15, 0.2) is 6.20 Å². The molecule has 0 radical (unpaired) electrons. The van der Waals surface area contributed by atoms with Gasteiger partial charge < -0.3 is 14.4 Å². The molecular weight excluding hydrogens is 294 g/mol. The average Bonchev–Trinajstić information content (AvgIpc) is 3.29. The fraction of sp³-hybridized carbons (Fsp3) is 0.706. The van der Waals surface area contributed by atoms with Crippen LogP contribution < -0.4 is 0 Å². The van der Waals surface area contributed by atoms with E-state index in [-0.39, 0.29) is 17.6 Å². The van der Waals surface area contributed by atoms with E-state index in [0.29, 0.717) is 31.2 Å². The van der Waals surface area contributed by atoms with Gasteiger partial charge in [0.25, 0.3) is 5.91 Å². The Morgan fingerprint density at radius 3 is 2.87 bits per heavy atom. The van der Waals surface area contributed by atoms with Gasteiger partial charge in [0.2, 0.25) is 0 Å².